The number of carbonyl (C=O) groups excluding carboxylic acids is 1. The number of nitrogens with one attached hydrogen (secondary N) is 1. The van der Waals surface area contributed by atoms with Gasteiger partial charge in [0.2, 0.25) is 5.91 Å². The highest BCUT2D eigenvalue weighted by Crippen LogP contribution is 2.19. The minimum atomic E-state index is -0.929. The standard InChI is InChI=1S/C66H129NO4/c1-3-5-7-9-11-13-15-17-19-21-23-25-27-28-29-30-31-32-33-34-35-36-38-39-41-43-45-47-49-51-53-55-57-59-63(69)61-66(71)67-64(62-68)65(70)60-58-56-54-52-50-48-46-44-42-40-37-26-24-22-20-18-16-14-12-10-8-6-4-2/h30-31,58,60,63-65,68-70H,3-29,32-57,59,61-62H2,1-2H3,(H,67,71)/b31-30-,60-58+. The Kier molecular flexibility index (Phi) is 60.4. The molecule has 3 atom stereocenters. The quantitative estimate of drug-likeness (QED) is 0.0361. The van der Waals surface area contributed by atoms with E-state index in [2.05, 4.69) is 31.3 Å². The lowest BCUT2D eigenvalue weighted by molar-refractivity contribution is -0.124. The van der Waals surface area contributed by atoms with Crippen molar-refractivity contribution in [1.29, 1.82) is 0 Å². The van der Waals surface area contributed by atoms with Crippen LogP contribution in [-0.4, -0.2) is 46.1 Å². The molecule has 0 aromatic heterocycles. The molecule has 4 N–H and O–H groups in total. The number of aliphatic hydroxyl groups is 3. The molecule has 0 aliphatic rings. The summed E-state index contributed by atoms with van der Waals surface area (Å²) in [5.41, 5.74) is 0. The number of aliphatic hydroxyl groups excluding tert-OH is 3. The first kappa shape index (κ1) is 69.8. The summed E-state index contributed by atoms with van der Waals surface area (Å²) in [7, 11) is 0. The summed E-state index contributed by atoms with van der Waals surface area (Å²) in [6.45, 7) is 4.26. The molecule has 0 fully saturated rings. The molecule has 71 heavy (non-hydrogen) atoms. The molecule has 0 saturated heterocycles. The van der Waals surface area contributed by atoms with Crippen LogP contribution in [0.3, 0.4) is 0 Å². The maximum absolute atomic E-state index is 12.6. The third-order valence-electron chi connectivity index (χ3n) is 15.5. The zero-order valence-electron chi connectivity index (χ0n) is 48.4. The number of allylic oxidation sites excluding steroid dienone is 3. The smallest absolute Gasteiger partial charge is 0.222 e. The van der Waals surface area contributed by atoms with Crippen LogP contribution in [0.4, 0.5) is 0 Å². The van der Waals surface area contributed by atoms with Crippen LogP contribution in [0.2, 0.25) is 0 Å². The molecule has 422 valence electrons. The predicted molar refractivity (Wildman–Crippen MR) is 315 cm³/mol. The molecule has 5 heteroatoms. The second-order valence-electron chi connectivity index (χ2n) is 22.7. The monoisotopic (exact) mass is 1000 g/mol. The molecule has 0 aliphatic heterocycles. The molecule has 1 amide bonds. The molecular weight excluding hydrogens is 871 g/mol. The van der Waals surface area contributed by atoms with Crippen LogP contribution < -0.4 is 5.32 Å². The van der Waals surface area contributed by atoms with E-state index in [9.17, 15) is 20.1 Å². The van der Waals surface area contributed by atoms with E-state index in [-0.39, 0.29) is 18.9 Å². The fraction of sp³-hybridized carbons (Fsp3) is 0.924. The summed E-state index contributed by atoms with van der Waals surface area (Å²) < 4.78 is 0. The van der Waals surface area contributed by atoms with Crippen LogP contribution in [0.25, 0.3) is 0 Å². The van der Waals surface area contributed by atoms with Crippen molar-refractivity contribution in [3.05, 3.63) is 24.3 Å². The van der Waals surface area contributed by atoms with E-state index in [1.807, 2.05) is 6.08 Å². The lowest BCUT2D eigenvalue weighted by Gasteiger charge is -2.21. The molecule has 0 rings (SSSR count). The van der Waals surface area contributed by atoms with Crippen molar-refractivity contribution in [2.24, 2.45) is 0 Å². The number of unbranched alkanes of at least 4 members (excludes halogenated alkanes) is 50. The molecule has 0 saturated carbocycles. The topological polar surface area (TPSA) is 89.8 Å². The zero-order valence-corrected chi connectivity index (χ0v) is 48.4. The maximum Gasteiger partial charge on any atom is 0.222 e. The second-order valence-corrected chi connectivity index (χ2v) is 22.7. The first-order chi connectivity index (χ1) is 35.0. The third kappa shape index (κ3) is 58.0. The van der Waals surface area contributed by atoms with Crippen molar-refractivity contribution >= 4 is 5.91 Å². The van der Waals surface area contributed by atoms with E-state index in [4.69, 9.17) is 0 Å². The highest BCUT2D eigenvalue weighted by molar-refractivity contribution is 5.76. The first-order valence-electron chi connectivity index (χ1n) is 32.6. The zero-order chi connectivity index (χ0) is 51.4. The fourth-order valence-corrected chi connectivity index (χ4v) is 10.5. The number of rotatable bonds is 61. The lowest BCUT2D eigenvalue weighted by atomic mass is 10.0. The Bertz CT molecular complexity index is 1060. The van der Waals surface area contributed by atoms with Gasteiger partial charge in [0.1, 0.15) is 0 Å². The third-order valence-corrected chi connectivity index (χ3v) is 15.5. The molecule has 0 aromatic rings. The van der Waals surface area contributed by atoms with E-state index >= 15 is 0 Å². The minimum absolute atomic E-state index is 0.0175. The van der Waals surface area contributed by atoms with Crippen molar-refractivity contribution in [3.8, 4) is 0 Å². The Morgan fingerprint density at radius 1 is 0.352 bits per heavy atom. The number of carbonyl (C=O) groups is 1. The van der Waals surface area contributed by atoms with Crippen LogP contribution in [0.15, 0.2) is 24.3 Å². The highest BCUT2D eigenvalue weighted by atomic mass is 16.3. The Balaban J connectivity index is 3.49. The minimum Gasteiger partial charge on any atom is -0.394 e. The van der Waals surface area contributed by atoms with Gasteiger partial charge in [-0.3, -0.25) is 4.79 Å². The van der Waals surface area contributed by atoms with Crippen molar-refractivity contribution in [2.75, 3.05) is 6.61 Å². The Morgan fingerprint density at radius 2 is 0.592 bits per heavy atom. The van der Waals surface area contributed by atoms with E-state index in [1.54, 1.807) is 6.08 Å². The molecule has 0 bridgehead atoms. The lowest BCUT2D eigenvalue weighted by Crippen LogP contribution is -2.45. The van der Waals surface area contributed by atoms with Gasteiger partial charge in [-0.15, -0.1) is 0 Å². The van der Waals surface area contributed by atoms with E-state index in [1.165, 1.54) is 315 Å². The van der Waals surface area contributed by atoms with Gasteiger partial charge in [0.25, 0.3) is 0 Å². The predicted octanol–water partition coefficient (Wildman–Crippen LogP) is 20.8. The van der Waals surface area contributed by atoms with E-state index in [0.717, 1.165) is 25.7 Å². The van der Waals surface area contributed by atoms with E-state index in [0.29, 0.717) is 6.42 Å². The molecule has 0 radical (unpaired) electrons. The van der Waals surface area contributed by atoms with Crippen molar-refractivity contribution in [1.82, 2.24) is 5.32 Å². The van der Waals surface area contributed by atoms with Gasteiger partial charge in [-0.05, 0) is 44.9 Å². The summed E-state index contributed by atoms with van der Waals surface area (Å²) in [6.07, 6.45) is 79.8. The molecule has 0 aromatic carbocycles. The fourth-order valence-electron chi connectivity index (χ4n) is 10.5. The second kappa shape index (κ2) is 61.4. The Morgan fingerprint density at radius 3 is 0.859 bits per heavy atom. The van der Waals surface area contributed by atoms with Crippen LogP contribution in [0.1, 0.15) is 367 Å². The van der Waals surface area contributed by atoms with Crippen LogP contribution >= 0.6 is 0 Å². The van der Waals surface area contributed by atoms with Crippen molar-refractivity contribution in [2.45, 2.75) is 385 Å². The van der Waals surface area contributed by atoms with Gasteiger partial charge in [0.15, 0.2) is 0 Å². The SMILES string of the molecule is CCCCCCCCCCCCCCCC/C=C\CCCCCCCCCCCCCCCCCC(O)CC(=O)NC(CO)C(O)/C=C/CCCCCCCCCCCCCCCCCCCCCCC. The van der Waals surface area contributed by atoms with Gasteiger partial charge >= 0.3 is 0 Å². The highest BCUT2D eigenvalue weighted by Gasteiger charge is 2.20. The molecular formula is C66H129NO4. The normalized spacial score (nSPS) is 13.3. The molecule has 5 nitrogen and oxygen atoms in total. The van der Waals surface area contributed by atoms with Gasteiger partial charge in [0.05, 0.1) is 31.3 Å². The van der Waals surface area contributed by atoms with Gasteiger partial charge in [0, 0.05) is 0 Å². The number of hydrogen-bond donors (Lipinski definition) is 4. The average Bonchev–Trinajstić information content (AvgIpc) is 3.37. The Labute approximate surface area is 445 Å². The summed E-state index contributed by atoms with van der Waals surface area (Å²) in [5.74, 6) is -0.308. The van der Waals surface area contributed by atoms with Crippen LogP contribution in [0, 0.1) is 0 Å². The summed E-state index contributed by atoms with van der Waals surface area (Å²) in [4.78, 5) is 12.6. The van der Waals surface area contributed by atoms with Gasteiger partial charge in [-0.1, -0.05) is 340 Å². The van der Waals surface area contributed by atoms with Crippen molar-refractivity contribution in [3.63, 3.8) is 0 Å². The van der Waals surface area contributed by atoms with Crippen LogP contribution in [0.5, 0.6) is 0 Å². The Hall–Kier alpha value is -1.17. The van der Waals surface area contributed by atoms with Gasteiger partial charge in [-0.25, -0.2) is 0 Å². The molecule has 0 spiro atoms. The molecule has 0 heterocycles. The first-order valence-corrected chi connectivity index (χ1v) is 32.6. The molecule has 3 unspecified atom stereocenters. The molecule has 0 aliphatic carbocycles. The van der Waals surface area contributed by atoms with Gasteiger partial charge < -0.3 is 20.6 Å². The van der Waals surface area contributed by atoms with Crippen LogP contribution in [-0.2, 0) is 4.79 Å². The summed E-state index contributed by atoms with van der Waals surface area (Å²) in [6, 6.07) is -0.744. The van der Waals surface area contributed by atoms with E-state index < -0.39 is 18.2 Å². The number of hydrogen-bond acceptors (Lipinski definition) is 4. The van der Waals surface area contributed by atoms with Gasteiger partial charge in [-0.2, -0.15) is 0 Å². The average molecular weight is 1000 g/mol. The van der Waals surface area contributed by atoms with Crippen molar-refractivity contribution < 1.29 is 20.1 Å². The number of amides is 1. The maximum atomic E-state index is 12.6. The largest absolute Gasteiger partial charge is 0.394 e. The summed E-state index contributed by atoms with van der Waals surface area (Å²) >= 11 is 0. The summed E-state index contributed by atoms with van der Waals surface area (Å²) in [5, 5.41) is 33.6.